The predicted octanol–water partition coefficient (Wildman–Crippen LogP) is 4.76. The summed E-state index contributed by atoms with van der Waals surface area (Å²) < 4.78 is 0. The van der Waals surface area contributed by atoms with Crippen LogP contribution in [0.4, 0.5) is 0 Å². The monoisotopic (exact) mass is 224 g/mol. The second-order valence-corrected chi connectivity index (χ2v) is 5.00. The topological polar surface area (TPSA) is 0 Å². The van der Waals surface area contributed by atoms with Crippen molar-refractivity contribution in [3.63, 3.8) is 0 Å². The van der Waals surface area contributed by atoms with Gasteiger partial charge in [-0.25, -0.2) is 0 Å². The molecule has 88 valence electrons. The summed E-state index contributed by atoms with van der Waals surface area (Å²) in [7, 11) is 0. The third-order valence-electron chi connectivity index (χ3n) is 3.43. The molecular formula is C17H20. The van der Waals surface area contributed by atoms with Crippen molar-refractivity contribution in [2.75, 3.05) is 0 Å². The van der Waals surface area contributed by atoms with Gasteiger partial charge in [-0.3, -0.25) is 0 Å². The molecule has 0 amide bonds. The number of hydrogen-bond acceptors (Lipinski definition) is 0. The molecule has 0 aliphatic rings. The number of aryl methyl sites for hydroxylation is 3. The molecule has 0 heterocycles. The van der Waals surface area contributed by atoms with E-state index in [0.717, 1.165) is 0 Å². The lowest BCUT2D eigenvalue weighted by Gasteiger charge is -2.16. The molecule has 0 saturated heterocycles. The number of hydrogen-bond donors (Lipinski definition) is 0. The van der Waals surface area contributed by atoms with Crippen molar-refractivity contribution in [1.82, 2.24) is 0 Å². The minimum Gasteiger partial charge on any atom is -0.0617 e. The van der Waals surface area contributed by atoms with Crippen molar-refractivity contribution in [2.45, 2.75) is 33.6 Å². The molecule has 1 atom stereocenters. The zero-order valence-corrected chi connectivity index (χ0v) is 11.1. The Hall–Kier alpha value is -1.56. The SMILES string of the molecule is Cc1cccc(C(C)c2ccc(C)cc2C)c1. The van der Waals surface area contributed by atoms with Gasteiger partial charge in [0, 0.05) is 5.92 Å². The van der Waals surface area contributed by atoms with E-state index in [-0.39, 0.29) is 0 Å². The van der Waals surface area contributed by atoms with Crippen LogP contribution in [0, 0.1) is 20.8 Å². The number of benzene rings is 2. The maximum atomic E-state index is 2.28. The molecule has 0 heteroatoms. The molecule has 0 nitrogen and oxygen atoms in total. The summed E-state index contributed by atoms with van der Waals surface area (Å²) in [6, 6.07) is 15.5. The van der Waals surface area contributed by atoms with Crippen molar-refractivity contribution in [2.24, 2.45) is 0 Å². The Labute approximate surface area is 104 Å². The van der Waals surface area contributed by atoms with Crippen LogP contribution in [0.5, 0.6) is 0 Å². The molecule has 0 N–H and O–H groups in total. The maximum absolute atomic E-state index is 2.28. The fourth-order valence-corrected chi connectivity index (χ4v) is 2.43. The Morgan fingerprint density at radius 1 is 0.824 bits per heavy atom. The first-order valence-electron chi connectivity index (χ1n) is 6.21. The normalized spacial score (nSPS) is 12.5. The van der Waals surface area contributed by atoms with Crippen LogP contribution < -0.4 is 0 Å². The first-order chi connectivity index (χ1) is 8.08. The van der Waals surface area contributed by atoms with Crippen LogP contribution in [0.25, 0.3) is 0 Å². The summed E-state index contributed by atoms with van der Waals surface area (Å²) in [4.78, 5) is 0. The number of rotatable bonds is 2. The average molecular weight is 224 g/mol. The van der Waals surface area contributed by atoms with Gasteiger partial charge in [0.05, 0.1) is 0 Å². The fourth-order valence-electron chi connectivity index (χ4n) is 2.43. The first kappa shape index (κ1) is 11.9. The molecule has 0 aliphatic carbocycles. The van der Waals surface area contributed by atoms with Gasteiger partial charge in [-0.15, -0.1) is 0 Å². The van der Waals surface area contributed by atoms with E-state index < -0.39 is 0 Å². The van der Waals surface area contributed by atoms with E-state index in [9.17, 15) is 0 Å². The lowest BCUT2D eigenvalue weighted by Crippen LogP contribution is -1.99. The lowest BCUT2D eigenvalue weighted by molar-refractivity contribution is 0.907. The van der Waals surface area contributed by atoms with E-state index in [4.69, 9.17) is 0 Å². The quantitative estimate of drug-likeness (QED) is 0.689. The molecule has 17 heavy (non-hydrogen) atoms. The Balaban J connectivity index is 2.40. The molecule has 0 spiro atoms. The van der Waals surface area contributed by atoms with Crippen LogP contribution in [0.3, 0.4) is 0 Å². The van der Waals surface area contributed by atoms with Crippen molar-refractivity contribution in [3.8, 4) is 0 Å². The van der Waals surface area contributed by atoms with Gasteiger partial charge in [0.25, 0.3) is 0 Å². The zero-order chi connectivity index (χ0) is 12.4. The van der Waals surface area contributed by atoms with Crippen LogP contribution in [0.15, 0.2) is 42.5 Å². The predicted molar refractivity (Wildman–Crippen MR) is 74.6 cm³/mol. The van der Waals surface area contributed by atoms with Crippen molar-refractivity contribution >= 4 is 0 Å². The van der Waals surface area contributed by atoms with E-state index >= 15 is 0 Å². The van der Waals surface area contributed by atoms with E-state index in [2.05, 4.69) is 70.2 Å². The van der Waals surface area contributed by atoms with Crippen molar-refractivity contribution in [1.29, 1.82) is 0 Å². The van der Waals surface area contributed by atoms with E-state index in [1.54, 1.807) is 0 Å². The van der Waals surface area contributed by atoms with E-state index in [0.29, 0.717) is 5.92 Å². The van der Waals surface area contributed by atoms with E-state index in [1.807, 2.05) is 0 Å². The minimum atomic E-state index is 0.468. The molecule has 0 bridgehead atoms. The van der Waals surface area contributed by atoms with Crippen LogP contribution in [-0.2, 0) is 0 Å². The first-order valence-corrected chi connectivity index (χ1v) is 6.21. The van der Waals surface area contributed by atoms with Gasteiger partial charge in [0.15, 0.2) is 0 Å². The second-order valence-electron chi connectivity index (χ2n) is 5.00. The molecule has 0 aromatic heterocycles. The molecule has 0 aliphatic heterocycles. The van der Waals surface area contributed by atoms with Gasteiger partial charge in [-0.2, -0.15) is 0 Å². The largest absolute Gasteiger partial charge is 0.0617 e. The third kappa shape index (κ3) is 2.58. The smallest absolute Gasteiger partial charge is 0.00637 e. The molecule has 1 unspecified atom stereocenters. The van der Waals surface area contributed by atoms with Gasteiger partial charge in [0.1, 0.15) is 0 Å². The highest BCUT2D eigenvalue weighted by molar-refractivity contribution is 5.39. The van der Waals surface area contributed by atoms with Gasteiger partial charge in [-0.05, 0) is 37.5 Å². The average Bonchev–Trinajstić information content (AvgIpc) is 2.28. The Morgan fingerprint density at radius 3 is 2.18 bits per heavy atom. The van der Waals surface area contributed by atoms with Gasteiger partial charge in [-0.1, -0.05) is 60.5 Å². The molecule has 2 aromatic rings. The molecule has 0 saturated carbocycles. The van der Waals surface area contributed by atoms with Gasteiger partial charge < -0.3 is 0 Å². The van der Waals surface area contributed by atoms with Crippen molar-refractivity contribution in [3.05, 3.63) is 70.3 Å². The molecule has 2 aromatic carbocycles. The minimum absolute atomic E-state index is 0.468. The summed E-state index contributed by atoms with van der Waals surface area (Å²) in [5, 5.41) is 0. The standard InChI is InChI=1S/C17H20/c1-12-6-5-7-16(11-12)15(4)17-9-8-13(2)10-14(17)3/h5-11,15H,1-4H3. The highest BCUT2D eigenvalue weighted by Crippen LogP contribution is 2.27. The molecule has 0 radical (unpaired) electrons. The van der Waals surface area contributed by atoms with Crippen LogP contribution in [0.2, 0.25) is 0 Å². The fraction of sp³-hybridized carbons (Fsp3) is 0.294. The third-order valence-corrected chi connectivity index (χ3v) is 3.43. The highest BCUT2D eigenvalue weighted by Gasteiger charge is 2.10. The summed E-state index contributed by atoms with van der Waals surface area (Å²) in [5.41, 5.74) is 6.89. The van der Waals surface area contributed by atoms with E-state index in [1.165, 1.54) is 27.8 Å². The zero-order valence-electron chi connectivity index (χ0n) is 11.1. The summed E-state index contributed by atoms with van der Waals surface area (Å²) in [5.74, 6) is 0.468. The second kappa shape index (κ2) is 4.75. The summed E-state index contributed by atoms with van der Waals surface area (Å²) in [6.45, 7) is 8.79. The Kier molecular flexibility index (Phi) is 3.33. The van der Waals surface area contributed by atoms with Crippen LogP contribution in [-0.4, -0.2) is 0 Å². The van der Waals surface area contributed by atoms with Gasteiger partial charge in [0.2, 0.25) is 0 Å². The maximum Gasteiger partial charge on any atom is 0.00637 e. The Bertz CT molecular complexity index is 523. The van der Waals surface area contributed by atoms with Crippen LogP contribution in [0.1, 0.15) is 40.7 Å². The highest BCUT2D eigenvalue weighted by atomic mass is 14.1. The lowest BCUT2D eigenvalue weighted by atomic mass is 9.89. The summed E-state index contributed by atoms with van der Waals surface area (Å²) >= 11 is 0. The Morgan fingerprint density at radius 2 is 1.53 bits per heavy atom. The van der Waals surface area contributed by atoms with Crippen molar-refractivity contribution < 1.29 is 0 Å². The molecule has 0 fully saturated rings. The molecular weight excluding hydrogens is 204 g/mol. The van der Waals surface area contributed by atoms with Gasteiger partial charge >= 0.3 is 0 Å². The molecule has 2 rings (SSSR count). The summed E-state index contributed by atoms with van der Waals surface area (Å²) in [6.07, 6.45) is 0. The van der Waals surface area contributed by atoms with Crippen LogP contribution >= 0.6 is 0 Å².